The molecule has 0 amide bonds. The Morgan fingerprint density at radius 3 is 2.60 bits per heavy atom. The van der Waals surface area contributed by atoms with Gasteiger partial charge in [0.05, 0.1) is 16.9 Å². The molecule has 2 aromatic carbocycles. The lowest BCUT2D eigenvalue weighted by Crippen LogP contribution is -2.45. The molecular weight excluding hydrogens is 416 g/mol. The van der Waals surface area contributed by atoms with Crippen LogP contribution in [0, 0.1) is 5.41 Å². The van der Waals surface area contributed by atoms with Gasteiger partial charge in [0, 0.05) is 24.0 Å². The zero-order chi connectivity index (χ0) is 20.7. The molecule has 1 atom stereocenters. The minimum absolute atomic E-state index is 0.108. The van der Waals surface area contributed by atoms with Crippen LogP contribution in [0.1, 0.15) is 30.0 Å². The number of aromatic nitrogens is 3. The summed E-state index contributed by atoms with van der Waals surface area (Å²) >= 11 is 7.68. The van der Waals surface area contributed by atoms with E-state index in [1.807, 2.05) is 12.1 Å². The Labute approximate surface area is 185 Å². The number of nitrogens with two attached hydrogens (primary N) is 2. The maximum atomic E-state index is 6.67. The molecule has 8 heteroatoms. The van der Waals surface area contributed by atoms with Crippen molar-refractivity contribution in [2.24, 2.45) is 11.1 Å². The quantitative estimate of drug-likeness (QED) is 0.594. The van der Waals surface area contributed by atoms with Gasteiger partial charge in [0.2, 0.25) is 5.95 Å². The lowest BCUT2D eigenvalue weighted by Gasteiger charge is -2.42. The summed E-state index contributed by atoms with van der Waals surface area (Å²) in [6, 6.07) is 14.2. The molecule has 4 N–H and O–H groups in total. The van der Waals surface area contributed by atoms with Crippen LogP contribution in [0.25, 0.3) is 0 Å². The molecule has 1 aliphatic carbocycles. The zero-order valence-corrected chi connectivity index (χ0v) is 18.0. The van der Waals surface area contributed by atoms with Gasteiger partial charge in [0.1, 0.15) is 5.03 Å². The van der Waals surface area contributed by atoms with E-state index in [2.05, 4.69) is 44.3 Å². The Bertz CT molecular complexity index is 1070. The number of nitrogens with zero attached hydrogens (tertiary/aromatic N) is 4. The zero-order valence-electron chi connectivity index (χ0n) is 16.5. The molecule has 1 aromatic heterocycles. The number of benzene rings is 2. The molecule has 0 saturated carbocycles. The van der Waals surface area contributed by atoms with Gasteiger partial charge in [-0.05, 0) is 47.9 Å². The molecule has 2 aliphatic rings. The van der Waals surface area contributed by atoms with Gasteiger partial charge in [0.25, 0.3) is 0 Å². The first-order valence-electron chi connectivity index (χ1n) is 10.1. The van der Waals surface area contributed by atoms with E-state index in [-0.39, 0.29) is 11.5 Å². The lowest BCUT2D eigenvalue weighted by molar-refractivity contribution is 0.186. The molecule has 6 nitrogen and oxygen atoms in total. The predicted molar refractivity (Wildman–Crippen MR) is 121 cm³/mol. The van der Waals surface area contributed by atoms with Crippen molar-refractivity contribution in [1.29, 1.82) is 0 Å². The monoisotopic (exact) mass is 438 g/mol. The smallest absolute Gasteiger partial charge is 0.245 e. The van der Waals surface area contributed by atoms with Crippen LogP contribution in [0.2, 0.25) is 5.02 Å². The van der Waals surface area contributed by atoms with Crippen molar-refractivity contribution in [3.8, 4) is 0 Å². The summed E-state index contributed by atoms with van der Waals surface area (Å²) in [7, 11) is 0. The molecule has 1 aliphatic heterocycles. The molecule has 30 heavy (non-hydrogen) atoms. The molecule has 0 radical (unpaired) electrons. The number of fused-ring (bicyclic) bond motifs is 1. The Kier molecular flexibility index (Phi) is 5.05. The summed E-state index contributed by atoms with van der Waals surface area (Å²) in [5, 5.41) is 9.92. The first kappa shape index (κ1) is 19.6. The number of hydrogen-bond acceptors (Lipinski definition) is 7. The fourth-order valence-electron chi connectivity index (χ4n) is 4.63. The van der Waals surface area contributed by atoms with Gasteiger partial charge in [0.15, 0.2) is 0 Å². The third kappa shape index (κ3) is 3.41. The van der Waals surface area contributed by atoms with E-state index in [1.165, 1.54) is 22.9 Å². The third-order valence-corrected chi connectivity index (χ3v) is 7.86. The van der Waals surface area contributed by atoms with Crippen molar-refractivity contribution < 1.29 is 0 Å². The van der Waals surface area contributed by atoms with Crippen LogP contribution in [0.3, 0.4) is 0 Å². The van der Waals surface area contributed by atoms with Crippen molar-refractivity contribution in [3.63, 3.8) is 0 Å². The van der Waals surface area contributed by atoms with Crippen LogP contribution in [0.15, 0.2) is 58.6 Å². The van der Waals surface area contributed by atoms with Gasteiger partial charge in [-0.1, -0.05) is 53.7 Å². The second-order valence-corrected chi connectivity index (χ2v) is 9.50. The fourth-order valence-corrected chi connectivity index (χ4v) is 5.64. The third-order valence-electron chi connectivity index (χ3n) is 6.37. The summed E-state index contributed by atoms with van der Waals surface area (Å²) in [5.41, 5.74) is 15.9. The van der Waals surface area contributed by atoms with Crippen molar-refractivity contribution in [2.45, 2.75) is 35.2 Å². The van der Waals surface area contributed by atoms with Gasteiger partial charge in [-0.3, -0.25) is 0 Å². The molecule has 3 aromatic rings. The number of nitrogen functional groups attached to an aromatic ring is 1. The van der Waals surface area contributed by atoms with E-state index < -0.39 is 0 Å². The van der Waals surface area contributed by atoms with Gasteiger partial charge >= 0.3 is 0 Å². The summed E-state index contributed by atoms with van der Waals surface area (Å²) < 4.78 is 0. The highest BCUT2D eigenvalue weighted by molar-refractivity contribution is 7.99. The van der Waals surface area contributed by atoms with Gasteiger partial charge in [-0.2, -0.15) is 0 Å². The van der Waals surface area contributed by atoms with Crippen molar-refractivity contribution in [1.82, 2.24) is 15.2 Å². The topological polar surface area (TPSA) is 94.0 Å². The standard InChI is InChI=1S/C22H23ClN6S/c23-19-16(24)6-3-7-17(19)30-18-13-26-21(28-27-18)29-10-8-22(9-11-29)12-14-4-1-2-5-15(14)20(22)25/h1-7,13,20H,8-12,24-25H2/t20-/m1/s1. The average molecular weight is 439 g/mol. The maximum Gasteiger partial charge on any atom is 0.245 e. The Hall–Kier alpha value is -2.35. The van der Waals surface area contributed by atoms with Crippen molar-refractivity contribution in [2.75, 3.05) is 23.7 Å². The van der Waals surface area contributed by atoms with E-state index in [0.29, 0.717) is 21.7 Å². The van der Waals surface area contributed by atoms with Crippen molar-refractivity contribution in [3.05, 3.63) is 64.8 Å². The van der Waals surface area contributed by atoms with E-state index in [4.69, 9.17) is 23.1 Å². The Morgan fingerprint density at radius 2 is 1.87 bits per heavy atom. The highest BCUT2D eigenvalue weighted by Gasteiger charge is 2.46. The molecule has 1 saturated heterocycles. The molecule has 0 unspecified atom stereocenters. The minimum Gasteiger partial charge on any atom is -0.397 e. The van der Waals surface area contributed by atoms with Crippen LogP contribution in [0.5, 0.6) is 0 Å². The first-order chi connectivity index (χ1) is 14.6. The Balaban J connectivity index is 1.26. The fraction of sp³-hybridized carbons (Fsp3) is 0.318. The Morgan fingerprint density at radius 1 is 1.07 bits per heavy atom. The molecule has 2 heterocycles. The first-order valence-corrected chi connectivity index (χ1v) is 11.3. The number of piperidine rings is 1. The largest absolute Gasteiger partial charge is 0.397 e. The van der Waals surface area contributed by atoms with Crippen LogP contribution in [-0.2, 0) is 6.42 Å². The van der Waals surface area contributed by atoms with Gasteiger partial charge in [-0.25, -0.2) is 4.98 Å². The number of hydrogen-bond donors (Lipinski definition) is 2. The highest BCUT2D eigenvalue weighted by atomic mass is 35.5. The molecule has 1 fully saturated rings. The average Bonchev–Trinajstić information content (AvgIpc) is 3.04. The lowest BCUT2D eigenvalue weighted by atomic mass is 9.73. The van der Waals surface area contributed by atoms with Crippen LogP contribution in [0.4, 0.5) is 11.6 Å². The molecular formula is C22H23ClN6S. The minimum atomic E-state index is 0.108. The number of rotatable bonds is 3. The van der Waals surface area contributed by atoms with E-state index in [0.717, 1.165) is 37.2 Å². The summed E-state index contributed by atoms with van der Waals surface area (Å²) in [6.07, 6.45) is 4.87. The van der Waals surface area contributed by atoms with E-state index in [1.54, 1.807) is 12.3 Å². The van der Waals surface area contributed by atoms with E-state index in [9.17, 15) is 0 Å². The predicted octanol–water partition coefficient (Wildman–Crippen LogP) is 4.10. The number of anilines is 2. The summed E-state index contributed by atoms with van der Waals surface area (Å²) in [6.45, 7) is 1.77. The second kappa shape index (κ2) is 7.72. The molecule has 5 rings (SSSR count). The molecule has 154 valence electrons. The second-order valence-electron chi connectivity index (χ2n) is 8.06. The number of halogens is 1. The van der Waals surface area contributed by atoms with Crippen LogP contribution >= 0.6 is 23.4 Å². The van der Waals surface area contributed by atoms with E-state index >= 15 is 0 Å². The van der Waals surface area contributed by atoms with Crippen LogP contribution in [-0.4, -0.2) is 28.3 Å². The maximum absolute atomic E-state index is 6.67. The summed E-state index contributed by atoms with van der Waals surface area (Å²) in [5.74, 6) is 0.664. The molecule has 1 spiro atoms. The highest BCUT2D eigenvalue weighted by Crippen LogP contribution is 2.50. The van der Waals surface area contributed by atoms with Gasteiger partial charge < -0.3 is 16.4 Å². The normalized spacial score (nSPS) is 19.8. The molecule has 0 bridgehead atoms. The van der Waals surface area contributed by atoms with Gasteiger partial charge in [-0.15, -0.1) is 10.2 Å². The van der Waals surface area contributed by atoms with Crippen LogP contribution < -0.4 is 16.4 Å². The SMILES string of the molecule is Nc1cccc(Sc2cnc(N3CCC4(CC3)Cc3ccccc3[C@H]4N)nn2)c1Cl. The summed E-state index contributed by atoms with van der Waals surface area (Å²) in [4.78, 5) is 7.60. The van der Waals surface area contributed by atoms with Crippen molar-refractivity contribution >= 4 is 35.0 Å².